The maximum Gasteiger partial charge on any atom is 0.409 e. The van der Waals surface area contributed by atoms with Crippen LogP contribution in [0.4, 0.5) is 21.0 Å². The van der Waals surface area contributed by atoms with Crippen molar-refractivity contribution in [3.05, 3.63) is 90.8 Å². The van der Waals surface area contributed by atoms with Gasteiger partial charge in [-0.15, -0.1) is 0 Å². The van der Waals surface area contributed by atoms with Crippen LogP contribution in [0.5, 0.6) is 0 Å². The molecule has 3 aromatic heterocycles. The number of anilines is 2. The topological polar surface area (TPSA) is 167 Å². The molecule has 0 unspecified atom stereocenters. The second-order valence-corrected chi connectivity index (χ2v) is 14.5. The molecule has 2 saturated heterocycles. The van der Waals surface area contributed by atoms with Crippen molar-refractivity contribution in [3.63, 3.8) is 0 Å². The van der Waals surface area contributed by atoms with Gasteiger partial charge in [0.2, 0.25) is 11.8 Å². The number of amides is 2. The highest BCUT2D eigenvalue weighted by molar-refractivity contribution is 5.83. The Morgan fingerprint density at radius 1 is 0.707 bits per heavy atom. The minimum Gasteiger partial charge on any atom is -0.450 e. The van der Waals surface area contributed by atoms with E-state index < -0.39 is 0 Å². The van der Waals surface area contributed by atoms with E-state index in [9.17, 15) is 9.59 Å². The first kappa shape index (κ1) is 38.3. The number of carbonyl (C=O) groups is 2. The normalized spacial score (nSPS) is 15.1. The molecule has 14 nitrogen and oxygen atoms in total. The van der Waals surface area contributed by atoms with Crippen LogP contribution in [-0.2, 0) is 9.47 Å². The van der Waals surface area contributed by atoms with Crippen LogP contribution in [0, 0.1) is 6.92 Å². The summed E-state index contributed by atoms with van der Waals surface area (Å²) < 4.78 is 24.2. The highest BCUT2D eigenvalue weighted by Gasteiger charge is 2.27. The fraction of sp³-hybridized carbons (Fsp3) is 0.341. The first-order valence-electron chi connectivity index (χ1n) is 20.0. The second-order valence-electron chi connectivity index (χ2n) is 14.5. The van der Waals surface area contributed by atoms with E-state index in [-0.39, 0.29) is 18.2 Å². The number of hydrogen-bond donors (Lipinski definition) is 2. The first-order valence-corrected chi connectivity index (χ1v) is 20.0. The molecule has 14 heteroatoms. The molecular weight excluding hydrogens is 737 g/mol. The van der Waals surface area contributed by atoms with Gasteiger partial charge in [-0.2, -0.15) is 0 Å². The lowest BCUT2D eigenvalue weighted by Crippen LogP contribution is -2.42. The van der Waals surface area contributed by atoms with Crippen LogP contribution < -0.4 is 11.1 Å². The minimum atomic E-state index is -0.233. The minimum absolute atomic E-state index is 0.217. The quantitative estimate of drug-likeness (QED) is 0.148. The monoisotopic (exact) mass is 784 g/mol. The SMILES string of the molecule is CCOC(=O)N1CCC(Nc2ccc(-c3nc4ccccc4o3)cc2N)CC1.CCOC(=O)N1CCC(n2c(C)nc3cc(-c4nc5ccccc5o4)ccc32)CC1. The number of imidazole rings is 1. The maximum atomic E-state index is 12.0. The van der Waals surface area contributed by atoms with Crippen molar-refractivity contribution < 1.29 is 27.9 Å². The summed E-state index contributed by atoms with van der Waals surface area (Å²) >= 11 is 0. The number of likely N-dealkylation sites (tertiary alicyclic amines) is 2. The Morgan fingerprint density at radius 2 is 1.24 bits per heavy atom. The van der Waals surface area contributed by atoms with E-state index in [1.165, 1.54) is 0 Å². The Balaban J connectivity index is 0.000000162. The van der Waals surface area contributed by atoms with Gasteiger partial charge in [-0.25, -0.2) is 24.5 Å². The van der Waals surface area contributed by atoms with Crippen molar-refractivity contribution in [1.29, 1.82) is 0 Å². The van der Waals surface area contributed by atoms with Crippen LogP contribution in [0.2, 0.25) is 0 Å². The predicted octanol–water partition coefficient (Wildman–Crippen LogP) is 9.06. The third kappa shape index (κ3) is 8.13. The molecule has 0 saturated carbocycles. The molecule has 9 rings (SSSR count). The third-order valence-electron chi connectivity index (χ3n) is 10.7. The molecule has 2 aliphatic rings. The van der Waals surface area contributed by atoms with E-state index in [0.29, 0.717) is 62.9 Å². The van der Waals surface area contributed by atoms with Gasteiger partial charge in [-0.3, -0.25) is 0 Å². The Labute approximate surface area is 335 Å². The van der Waals surface area contributed by atoms with Crippen molar-refractivity contribution in [3.8, 4) is 22.9 Å². The van der Waals surface area contributed by atoms with E-state index in [2.05, 4.69) is 25.9 Å². The van der Waals surface area contributed by atoms with E-state index in [4.69, 9.17) is 29.0 Å². The van der Waals surface area contributed by atoms with Crippen molar-refractivity contribution in [2.45, 2.75) is 58.5 Å². The molecule has 2 amide bonds. The van der Waals surface area contributed by atoms with Crippen LogP contribution in [0.1, 0.15) is 51.4 Å². The Kier molecular flexibility index (Phi) is 11.2. The fourth-order valence-corrected chi connectivity index (χ4v) is 7.79. The molecular formula is C44H48N8O6. The van der Waals surface area contributed by atoms with Crippen LogP contribution in [0.15, 0.2) is 93.8 Å². The number of nitrogen functional groups attached to an aromatic ring is 1. The standard InChI is InChI=1S/C23H24N4O3.C21H24N4O3/c1-3-29-23(28)26-12-10-17(11-13-26)27-15(2)24-19-14-16(8-9-20(19)27)22-25-18-6-4-5-7-21(18)30-22;1-2-27-21(26)25-11-9-15(10-12-25)23-17-8-7-14(13-16(17)22)20-24-18-5-3-4-6-19(18)28-20/h4-9,14,17H,3,10-13H2,1-2H3;3-8,13,15,23H,2,9-12,22H2,1H3. The smallest absolute Gasteiger partial charge is 0.409 e. The molecule has 58 heavy (non-hydrogen) atoms. The van der Waals surface area contributed by atoms with E-state index in [1.54, 1.807) is 9.80 Å². The Morgan fingerprint density at radius 3 is 1.79 bits per heavy atom. The molecule has 2 fully saturated rings. The number of nitrogens with one attached hydrogen (secondary N) is 1. The number of nitrogens with two attached hydrogens (primary N) is 1. The lowest BCUT2D eigenvalue weighted by atomic mass is 10.0. The Bertz CT molecular complexity index is 2480. The average Bonchev–Trinajstić information content (AvgIpc) is 3.97. The maximum absolute atomic E-state index is 12.0. The largest absolute Gasteiger partial charge is 0.450 e. The highest BCUT2D eigenvalue weighted by atomic mass is 16.6. The number of nitrogens with zero attached hydrogens (tertiary/aromatic N) is 6. The van der Waals surface area contributed by atoms with Crippen LogP contribution >= 0.6 is 0 Å². The van der Waals surface area contributed by atoms with Crippen LogP contribution in [0.3, 0.4) is 0 Å². The number of aryl methyl sites for hydroxylation is 1. The number of ether oxygens (including phenoxy) is 2. The first-order chi connectivity index (χ1) is 28.3. The number of fused-ring (bicyclic) bond motifs is 3. The highest BCUT2D eigenvalue weighted by Crippen LogP contribution is 2.33. The molecule has 4 aromatic carbocycles. The molecule has 0 atom stereocenters. The zero-order valence-corrected chi connectivity index (χ0v) is 33.0. The molecule has 5 heterocycles. The molecule has 0 aliphatic carbocycles. The number of hydrogen-bond acceptors (Lipinski definition) is 11. The number of benzene rings is 4. The van der Waals surface area contributed by atoms with Crippen molar-refractivity contribution in [2.75, 3.05) is 50.4 Å². The van der Waals surface area contributed by atoms with Crippen LogP contribution in [-0.4, -0.2) is 86.9 Å². The van der Waals surface area contributed by atoms with E-state index in [1.807, 2.05) is 99.6 Å². The molecule has 3 N–H and O–H groups in total. The van der Waals surface area contributed by atoms with E-state index in [0.717, 1.165) is 81.6 Å². The lowest BCUT2D eigenvalue weighted by molar-refractivity contribution is 0.0927. The zero-order valence-electron chi connectivity index (χ0n) is 33.0. The molecule has 0 spiro atoms. The lowest BCUT2D eigenvalue weighted by Gasteiger charge is -2.32. The summed E-state index contributed by atoms with van der Waals surface area (Å²) in [5.74, 6) is 2.14. The summed E-state index contributed by atoms with van der Waals surface area (Å²) in [7, 11) is 0. The van der Waals surface area contributed by atoms with Crippen molar-refractivity contribution in [2.24, 2.45) is 0 Å². The second kappa shape index (κ2) is 16.9. The molecule has 0 radical (unpaired) electrons. The predicted molar refractivity (Wildman–Crippen MR) is 223 cm³/mol. The van der Waals surface area contributed by atoms with Gasteiger partial charge in [0.15, 0.2) is 11.2 Å². The van der Waals surface area contributed by atoms with Gasteiger partial charge in [0.05, 0.1) is 35.6 Å². The number of para-hydroxylation sites is 4. The van der Waals surface area contributed by atoms with Gasteiger partial charge >= 0.3 is 12.2 Å². The van der Waals surface area contributed by atoms with Gasteiger partial charge in [0.25, 0.3) is 0 Å². The van der Waals surface area contributed by atoms with Gasteiger partial charge in [-0.05, 0) is 107 Å². The molecule has 0 bridgehead atoms. The molecule has 7 aromatic rings. The summed E-state index contributed by atoms with van der Waals surface area (Å²) in [6.07, 6.45) is 3.03. The summed E-state index contributed by atoms with van der Waals surface area (Å²) in [5.41, 5.74) is 14.8. The van der Waals surface area contributed by atoms with Gasteiger partial charge in [0, 0.05) is 49.4 Å². The summed E-state index contributed by atoms with van der Waals surface area (Å²) in [6.45, 7) is 9.26. The molecule has 2 aliphatic heterocycles. The van der Waals surface area contributed by atoms with Crippen molar-refractivity contribution >= 4 is 56.8 Å². The zero-order chi connectivity index (χ0) is 40.2. The number of rotatable bonds is 7. The van der Waals surface area contributed by atoms with Crippen LogP contribution in [0.25, 0.3) is 56.1 Å². The summed E-state index contributed by atoms with van der Waals surface area (Å²) in [4.78, 5) is 41.2. The molecule has 300 valence electrons. The fourth-order valence-electron chi connectivity index (χ4n) is 7.79. The number of carbonyl (C=O) groups excluding carboxylic acids is 2. The van der Waals surface area contributed by atoms with Crippen molar-refractivity contribution in [1.82, 2.24) is 29.3 Å². The number of piperidine rings is 2. The van der Waals surface area contributed by atoms with Gasteiger partial charge in [0.1, 0.15) is 16.9 Å². The third-order valence-corrected chi connectivity index (χ3v) is 10.7. The summed E-state index contributed by atoms with van der Waals surface area (Å²) in [6, 6.07) is 28.0. The number of oxazole rings is 2. The average molecular weight is 785 g/mol. The summed E-state index contributed by atoms with van der Waals surface area (Å²) in [5, 5.41) is 3.49. The van der Waals surface area contributed by atoms with Gasteiger partial charge in [-0.1, -0.05) is 24.3 Å². The Hall–Kier alpha value is -6.57. The number of aromatic nitrogens is 4. The van der Waals surface area contributed by atoms with Gasteiger partial charge < -0.3 is 43.7 Å². The van der Waals surface area contributed by atoms with E-state index >= 15 is 0 Å².